The molecule has 4 amide bonds. The molecule has 1 saturated heterocycles. The topological polar surface area (TPSA) is 105 Å². The van der Waals surface area contributed by atoms with Crippen LogP contribution in [-0.2, 0) is 16.1 Å². The van der Waals surface area contributed by atoms with E-state index in [1.807, 2.05) is 25.5 Å². The molecule has 1 fully saturated rings. The van der Waals surface area contributed by atoms with E-state index in [2.05, 4.69) is 21.0 Å². The van der Waals surface area contributed by atoms with Crippen molar-refractivity contribution in [3.63, 3.8) is 0 Å². The van der Waals surface area contributed by atoms with Crippen LogP contribution in [0.1, 0.15) is 29.8 Å². The molecule has 0 radical (unpaired) electrons. The van der Waals surface area contributed by atoms with Gasteiger partial charge in [0.1, 0.15) is 6.04 Å². The van der Waals surface area contributed by atoms with Crippen molar-refractivity contribution in [2.45, 2.75) is 46.2 Å². The second-order valence-electron chi connectivity index (χ2n) is 5.44. The Bertz CT molecular complexity index is 608. The standard InChI is InChI=1S/C14H21N5O3/c1-8-9(2)18-19(10(8)3)6-4-5-15-12(20)7-11-13(21)17-14(22)16-11/h11H,4-7H2,1-3H3,(H,15,20)(H2,16,17,21,22)/t11-/m0/s1. The largest absolute Gasteiger partial charge is 0.356 e. The molecule has 1 atom stereocenters. The van der Waals surface area contributed by atoms with E-state index in [0.29, 0.717) is 6.54 Å². The van der Waals surface area contributed by atoms with Gasteiger partial charge in [-0.1, -0.05) is 0 Å². The molecular formula is C14H21N5O3. The minimum atomic E-state index is -0.772. The van der Waals surface area contributed by atoms with Gasteiger partial charge in [-0.3, -0.25) is 19.6 Å². The van der Waals surface area contributed by atoms with E-state index in [0.717, 1.165) is 24.4 Å². The van der Waals surface area contributed by atoms with Gasteiger partial charge in [0.25, 0.3) is 5.91 Å². The Morgan fingerprint density at radius 3 is 2.59 bits per heavy atom. The third kappa shape index (κ3) is 3.63. The number of carbonyl (C=O) groups excluding carboxylic acids is 3. The molecule has 0 spiro atoms. The number of hydrogen-bond acceptors (Lipinski definition) is 4. The Morgan fingerprint density at radius 1 is 1.32 bits per heavy atom. The van der Waals surface area contributed by atoms with Gasteiger partial charge in [-0.2, -0.15) is 5.10 Å². The van der Waals surface area contributed by atoms with Gasteiger partial charge in [0.2, 0.25) is 5.91 Å². The van der Waals surface area contributed by atoms with Gasteiger partial charge < -0.3 is 10.6 Å². The van der Waals surface area contributed by atoms with Crippen molar-refractivity contribution in [3.8, 4) is 0 Å². The summed E-state index contributed by atoms with van der Waals surface area (Å²) in [4.78, 5) is 34.0. The third-order valence-electron chi connectivity index (χ3n) is 3.86. The summed E-state index contributed by atoms with van der Waals surface area (Å²) in [5.74, 6) is -0.717. The van der Waals surface area contributed by atoms with Crippen LogP contribution in [0, 0.1) is 20.8 Å². The SMILES string of the molecule is Cc1nn(CCCNC(=O)C[C@@H]2NC(=O)NC2=O)c(C)c1C. The van der Waals surface area contributed by atoms with Gasteiger partial charge in [-0.05, 0) is 32.8 Å². The lowest BCUT2D eigenvalue weighted by atomic mass is 10.2. The number of nitrogens with zero attached hydrogens (tertiary/aromatic N) is 2. The highest BCUT2D eigenvalue weighted by atomic mass is 16.2. The lowest BCUT2D eigenvalue weighted by molar-refractivity contribution is -0.126. The molecule has 0 aliphatic carbocycles. The lowest BCUT2D eigenvalue weighted by Crippen LogP contribution is -2.36. The molecular weight excluding hydrogens is 286 g/mol. The van der Waals surface area contributed by atoms with Crippen molar-refractivity contribution in [2.24, 2.45) is 0 Å². The summed E-state index contributed by atoms with van der Waals surface area (Å²) in [6.45, 7) is 7.26. The maximum Gasteiger partial charge on any atom is 0.322 e. The molecule has 1 aromatic rings. The zero-order valence-corrected chi connectivity index (χ0v) is 13.0. The van der Waals surface area contributed by atoms with Crippen LogP contribution >= 0.6 is 0 Å². The normalized spacial score (nSPS) is 17.3. The number of aryl methyl sites for hydroxylation is 2. The van der Waals surface area contributed by atoms with Crippen LogP contribution in [0.4, 0.5) is 4.79 Å². The van der Waals surface area contributed by atoms with Crippen LogP contribution in [0.3, 0.4) is 0 Å². The molecule has 0 saturated carbocycles. The predicted molar refractivity (Wildman–Crippen MR) is 79.1 cm³/mol. The molecule has 3 N–H and O–H groups in total. The summed E-state index contributed by atoms with van der Waals surface area (Å²) >= 11 is 0. The van der Waals surface area contributed by atoms with Gasteiger partial charge in [0, 0.05) is 18.8 Å². The van der Waals surface area contributed by atoms with E-state index in [9.17, 15) is 14.4 Å². The number of imide groups is 1. The number of carbonyl (C=O) groups is 3. The Labute approximate surface area is 128 Å². The summed E-state index contributed by atoms with van der Waals surface area (Å²) in [6, 6.07) is -1.33. The first kappa shape index (κ1) is 16.0. The first-order valence-corrected chi connectivity index (χ1v) is 7.27. The van der Waals surface area contributed by atoms with E-state index in [1.165, 1.54) is 5.56 Å². The second kappa shape index (κ2) is 6.59. The van der Waals surface area contributed by atoms with Crippen molar-refractivity contribution in [3.05, 3.63) is 17.0 Å². The third-order valence-corrected chi connectivity index (χ3v) is 3.86. The molecule has 2 rings (SSSR count). The number of nitrogens with one attached hydrogen (secondary N) is 3. The first-order valence-electron chi connectivity index (χ1n) is 7.27. The Morgan fingerprint density at radius 2 is 2.05 bits per heavy atom. The highest BCUT2D eigenvalue weighted by Gasteiger charge is 2.30. The molecule has 1 aliphatic rings. The average Bonchev–Trinajstić information content (AvgIpc) is 2.89. The molecule has 22 heavy (non-hydrogen) atoms. The van der Waals surface area contributed by atoms with E-state index >= 15 is 0 Å². The molecule has 8 nitrogen and oxygen atoms in total. The molecule has 120 valence electrons. The van der Waals surface area contributed by atoms with Gasteiger partial charge in [-0.15, -0.1) is 0 Å². The fourth-order valence-electron chi connectivity index (χ4n) is 2.32. The van der Waals surface area contributed by atoms with Gasteiger partial charge in [-0.25, -0.2) is 4.79 Å². The van der Waals surface area contributed by atoms with E-state index < -0.39 is 18.0 Å². The zero-order chi connectivity index (χ0) is 16.3. The second-order valence-corrected chi connectivity index (χ2v) is 5.44. The van der Waals surface area contributed by atoms with Crippen molar-refractivity contribution in [1.29, 1.82) is 0 Å². The minimum absolute atomic E-state index is 0.0451. The summed E-state index contributed by atoms with van der Waals surface area (Å²) in [5, 5.41) is 11.7. The Kier molecular flexibility index (Phi) is 4.79. The molecule has 8 heteroatoms. The number of rotatable bonds is 6. The summed E-state index contributed by atoms with van der Waals surface area (Å²) < 4.78 is 1.93. The van der Waals surface area contributed by atoms with Crippen molar-refractivity contribution < 1.29 is 14.4 Å². The predicted octanol–water partition coefficient (Wildman–Crippen LogP) is -0.0872. The minimum Gasteiger partial charge on any atom is -0.356 e. The van der Waals surface area contributed by atoms with Crippen molar-refractivity contribution in [2.75, 3.05) is 6.54 Å². The Balaban J connectivity index is 1.70. The van der Waals surface area contributed by atoms with Crippen LogP contribution in [-0.4, -0.2) is 40.2 Å². The van der Waals surface area contributed by atoms with E-state index in [4.69, 9.17) is 0 Å². The van der Waals surface area contributed by atoms with Gasteiger partial charge in [0.15, 0.2) is 0 Å². The van der Waals surface area contributed by atoms with Gasteiger partial charge >= 0.3 is 6.03 Å². The average molecular weight is 307 g/mol. The maximum absolute atomic E-state index is 11.7. The van der Waals surface area contributed by atoms with Crippen LogP contribution in [0.2, 0.25) is 0 Å². The molecule has 0 bridgehead atoms. The number of amides is 4. The Hall–Kier alpha value is -2.38. The van der Waals surface area contributed by atoms with E-state index in [1.54, 1.807) is 0 Å². The van der Waals surface area contributed by atoms with E-state index in [-0.39, 0.29) is 12.3 Å². The zero-order valence-electron chi connectivity index (χ0n) is 13.0. The highest BCUT2D eigenvalue weighted by molar-refractivity contribution is 6.05. The molecule has 0 unspecified atom stereocenters. The monoisotopic (exact) mass is 307 g/mol. The fraction of sp³-hybridized carbons (Fsp3) is 0.571. The number of aromatic nitrogens is 2. The highest BCUT2D eigenvalue weighted by Crippen LogP contribution is 2.11. The molecule has 0 aromatic carbocycles. The van der Waals surface area contributed by atoms with Gasteiger partial charge in [0.05, 0.1) is 12.1 Å². The summed E-state index contributed by atoms with van der Waals surface area (Å²) in [7, 11) is 0. The molecule has 1 aromatic heterocycles. The molecule has 2 heterocycles. The summed E-state index contributed by atoms with van der Waals surface area (Å²) in [6.07, 6.45) is 0.701. The molecule has 1 aliphatic heterocycles. The fourth-order valence-corrected chi connectivity index (χ4v) is 2.32. The first-order chi connectivity index (χ1) is 10.4. The number of hydrogen-bond donors (Lipinski definition) is 3. The quantitative estimate of drug-likeness (QED) is 0.504. The van der Waals surface area contributed by atoms with Crippen molar-refractivity contribution in [1.82, 2.24) is 25.7 Å². The number of urea groups is 1. The van der Waals surface area contributed by atoms with Crippen molar-refractivity contribution >= 4 is 17.8 Å². The lowest BCUT2D eigenvalue weighted by Gasteiger charge is -2.09. The maximum atomic E-state index is 11.7. The smallest absolute Gasteiger partial charge is 0.322 e. The van der Waals surface area contributed by atoms with Crippen LogP contribution in [0.15, 0.2) is 0 Å². The van der Waals surface area contributed by atoms with Crippen LogP contribution in [0.25, 0.3) is 0 Å². The summed E-state index contributed by atoms with van der Waals surface area (Å²) in [5.41, 5.74) is 3.34. The van der Waals surface area contributed by atoms with Crippen LogP contribution < -0.4 is 16.0 Å². The van der Waals surface area contributed by atoms with Crippen LogP contribution in [0.5, 0.6) is 0 Å².